The summed E-state index contributed by atoms with van der Waals surface area (Å²) < 4.78 is 27.6. The molecule has 1 amide bonds. The van der Waals surface area contributed by atoms with Crippen LogP contribution in [0.2, 0.25) is 0 Å². The number of nitrogens with one attached hydrogen (secondary N) is 2. The second-order valence-corrected chi connectivity index (χ2v) is 9.08. The van der Waals surface area contributed by atoms with Gasteiger partial charge in [0.05, 0.1) is 4.90 Å². The molecule has 2 N–H and O–H groups in total. The lowest BCUT2D eigenvalue weighted by molar-refractivity contribution is 0.102. The fourth-order valence-electron chi connectivity index (χ4n) is 3.59. The summed E-state index contributed by atoms with van der Waals surface area (Å²) >= 11 is 0. The first kappa shape index (κ1) is 18.7. The number of aromatic amines is 1. The fraction of sp³-hybridized carbons (Fsp3) is 0.286. The lowest BCUT2D eigenvalue weighted by Crippen LogP contribution is -2.36. The van der Waals surface area contributed by atoms with Crippen molar-refractivity contribution in [1.82, 2.24) is 9.29 Å². The highest BCUT2D eigenvalue weighted by molar-refractivity contribution is 7.89. The zero-order valence-corrected chi connectivity index (χ0v) is 16.6. The number of H-pyrrole nitrogens is 1. The zero-order chi connectivity index (χ0) is 19.7. The van der Waals surface area contributed by atoms with Crippen molar-refractivity contribution in [2.75, 3.05) is 18.4 Å². The van der Waals surface area contributed by atoms with Crippen molar-refractivity contribution in [1.29, 1.82) is 0 Å². The highest BCUT2D eigenvalue weighted by atomic mass is 32.2. The third kappa shape index (κ3) is 3.55. The number of carbonyl (C=O) groups is 1. The summed E-state index contributed by atoms with van der Waals surface area (Å²) in [7, 11) is -3.56. The van der Waals surface area contributed by atoms with E-state index < -0.39 is 10.0 Å². The van der Waals surface area contributed by atoms with E-state index in [1.165, 1.54) is 0 Å². The van der Waals surface area contributed by atoms with Gasteiger partial charge in [-0.25, -0.2) is 8.42 Å². The van der Waals surface area contributed by atoms with E-state index in [1.54, 1.807) is 35.5 Å². The van der Waals surface area contributed by atoms with E-state index in [-0.39, 0.29) is 10.8 Å². The largest absolute Gasteiger partial charge is 0.351 e. The summed E-state index contributed by atoms with van der Waals surface area (Å²) in [5.41, 5.74) is 2.45. The van der Waals surface area contributed by atoms with E-state index >= 15 is 0 Å². The molecule has 1 aromatic heterocycles. The van der Waals surface area contributed by atoms with E-state index in [0.29, 0.717) is 30.0 Å². The highest BCUT2D eigenvalue weighted by Gasteiger charge is 2.27. The molecule has 0 spiro atoms. The van der Waals surface area contributed by atoms with Crippen LogP contribution in [0.3, 0.4) is 0 Å². The molecular weight excluding hydrogens is 374 g/mol. The predicted molar refractivity (Wildman–Crippen MR) is 110 cm³/mol. The number of rotatable bonds is 4. The summed E-state index contributed by atoms with van der Waals surface area (Å²) in [4.78, 5) is 16.0. The molecule has 0 unspecified atom stereocenters. The van der Waals surface area contributed by atoms with Gasteiger partial charge in [-0.05, 0) is 49.6 Å². The molecule has 1 aliphatic rings. The van der Waals surface area contributed by atoms with Crippen molar-refractivity contribution < 1.29 is 13.2 Å². The average molecular weight is 398 g/mol. The van der Waals surface area contributed by atoms with Gasteiger partial charge in [-0.15, -0.1) is 0 Å². The first-order valence-corrected chi connectivity index (χ1v) is 10.9. The Labute approximate surface area is 164 Å². The number of anilines is 1. The maximum absolute atomic E-state index is 13.0. The molecule has 7 heteroatoms. The standard InChI is InChI=1S/C21H23N3O3S/c1-15-9-10-17(14-20(15)28(26,27)24-11-5-2-6-12-24)22-21(25)19-13-16-7-3-4-8-18(16)23-19/h3-4,7-10,13-14,23H,2,5-6,11-12H2,1H3,(H,22,25). The van der Waals surface area contributed by atoms with Gasteiger partial charge in [0.1, 0.15) is 5.69 Å². The predicted octanol–water partition coefficient (Wildman–Crippen LogP) is 3.90. The van der Waals surface area contributed by atoms with Crippen LogP contribution in [0, 0.1) is 6.92 Å². The molecule has 6 nitrogen and oxygen atoms in total. The van der Waals surface area contributed by atoms with Crippen LogP contribution in [-0.4, -0.2) is 36.7 Å². The molecule has 1 saturated heterocycles. The van der Waals surface area contributed by atoms with Gasteiger partial charge in [0.25, 0.3) is 5.91 Å². The number of hydrogen-bond acceptors (Lipinski definition) is 3. The molecule has 3 aromatic rings. The van der Waals surface area contributed by atoms with Crippen molar-refractivity contribution in [2.24, 2.45) is 0 Å². The molecule has 2 aromatic carbocycles. The van der Waals surface area contributed by atoms with E-state index in [4.69, 9.17) is 0 Å². The van der Waals surface area contributed by atoms with Crippen molar-refractivity contribution in [3.8, 4) is 0 Å². The van der Waals surface area contributed by atoms with Crippen LogP contribution in [-0.2, 0) is 10.0 Å². The normalized spacial score (nSPS) is 15.6. The fourth-order valence-corrected chi connectivity index (χ4v) is 5.36. The lowest BCUT2D eigenvalue weighted by Gasteiger charge is -2.26. The first-order valence-electron chi connectivity index (χ1n) is 9.45. The summed E-state index contributed by atoms with van der Waals surface area (Å²) in [6.45, 7) is 2.88. The van der Waals surface area contributed by atoms with Gasteiger partial charge in [-0.1, -0.05) is 30.7 Å². The molecule has 0 bridgehead atoms. The molecular formula is C21H23N3O3S. The summed E-state index contributed by atoms with van der Waals surface area (Å²) in [6, 6.07) is 14.4. The topological polar surface area (TPSA) is 82.3 Å². The number of aromatic nitrogens is 1. The first-order chi connectivity index (χ1) is 13.4. The Balaban J connectivity index is 1.60. The zero-order valence-electron chi connectivity index (χ0n) is 15.7. The van der Waals surface area contributed by atoms with Gasteiger partial charge >= 0.3 is 0 Å². The molecule has 0 atom stereocenters. The van der Waals surface area contributed by atoms with E-state index in [9.17, 15) is 13.2 Å². The van der Waals surface area contributed by atoms with Crippen molar-refractivity contribution in [3.05, 3.63) is 59.8 Å². The molecule has 4 rings (SSSR count). The molecule has 28 heavy (non-hydrogen) atoms. The molecule has 146 valence electrons. The van der Waals surface area contributed by atoms with Crippen molar-refractivity contribution >= 4 is 32.5 Å². The number of piperidine rings is 1. The summed E-state index contributed by atoms with van der Waals surface area (Å²) in [5.74, 6) is -0.304. The lowest BCUT2D eigenvalue weighted by atomic mass is 10.2. The van der Waals surface area contributed by atoms with Crippen molar-refractivity contribution in [3.63, 3.8) is 0 Å². The number of para-hydroxylation sites is 1. The van der Waals surface area contributed by atoms with Gasteiger partial charge in [0.15, 0.2) is 0 Å². The van der Waals surface area contributed by atoms with E-state index in [0.717, 1.165) is 30.2 Å². The Bertz CT molecular complexity index is 1100. The second-order valence-electron chi connectivity index (χ2n) is 7.17. The van der Waals surface area contributed by atoms with Gasteiger partial charge in [0.2, 0.25) is 10.0 Å². The van der Waals surface area contributed by atoms with Crippen LogP contribution < -0.4 is 5.32 Å². The Hall–Kier alpha value is -2.64. The van der Waals surface area contributed by atoms with Crippen LogP contribution in [0.15, 0.2) is 53.4 Å². The minimum atomic E-state index is -3.56. The Morgan fingerprint density at radius 1 is 1.04 bits per heavy atom. The van der Waals surface area contributed by atoms with Gasteiger partial charge < -0.3 is 10.3 Å². The molecule has 1 fully saturated rings. The van der Waals surface area contributed by atoms with E-state index in [1.807, 2.05) is 24.3 Å². The molecule has 1 aliphatic heterocycles. The van der Waals surface area contributed by atoms with Crippen LogP contribution in [0.25, 0.3) is 10.9 Å². The summed E-state index contributed by atoms with van der Waals surface area (Å²) in [5, 5.41) is 3.76. The minimum Gasteiger partial charge on any atom is -0.351 e. The Morgan fingerprint density at radius 2 is 1.79 bits per heavy atom. The number of sulfonamides is 1. The highest BCUT2D eigenvalue weighted by Crippen LogP contribution is 2.26. The number of carbonyl (C=O) groups excluding carboxylic acids is 1. The number of amides is 1. The van der Waals surface area contributed by atoms with Crippen LogP contribution in [0.1, 0.15) is 35.3 Å². The Morgan fingerprint density at radius 3 is 2.54 bits per heavy atom. The molecule has 0 aliphatic carbocycles. The smallest absolute Gasteiger partial charge is 0.272 e. The van der Waals surface area contributed by atoms with Crippen LogP contribution in [0.4, 0.5) is 5.69 Å². The van der Waals surface area contributed by atoms with E-state index in [2.05, 4.69) is 10.3 Å². The molecule has 2 heterocycles. The Kier molecular flexibility index (Phi) is 4.95. The third-order valence-corrected chi connectivity index (χ3v) is 7.19. The monoisotopic (exact) mass is 397 g/mol. The van der Waals surface area contributed by atoms with Crippen molar-refractivity contribution in [2.45, 2.75) is 31.1 Å². The average Bonchev–Trinajstić information content (AvgIpc) is 3.14. The maximum Gasteiger partial charge on any atom is 0.272 e. The number of aryl methyl sites for hydroxylation is 1. The van der Waals surface area contributed by atoms with Gasteiger partial charge in [0, 0.05) is 29.7 Å². The molecule has 0 saturated carbocycles. The number of benzene rings is 2. The quantitative estimate of drug-likeness (QED) is 0.700. The third-order valence-electron chi connectivity index (χ3n) is 5.15. The summed E-state index contributed by atoms with van der Waals surface area (Å²) in [6.07, 6.45) is 2.83. The van der Waals surface area contributed by atoms with Crippen LogP contribution >= 0.6 is 0 Å². The number of fused-ring (bicyclic) bond motifs is 1. The number of hydrogen-bond donors (Lipinski definition) is 2. The van der Waals surface area contributed by atoms with Gasteiger partial charge in [-0.2, -0.15) is 4.31 Å². The van der Waals surface area contributed by atoms with Crippen LogP contribution in [0.5, 0.6) is 0 Å². The number of nitrogens with zero attached hydrogens (tertiary/aromatic N) is 1. The molecule has 0 radical (unpaired) electrons. The second kappa shape index (κ2) is 7.41. The SMILES string of the molecule is Cc1ccc(NC(=O)c2cc3ccccc3[nH]2)cc1S(=O)(=O)N1CCCCC1. The van der Waals surface area contributed by atoms with Gasteiger partial charge in [-0.3, -0.25) is 4.79 Å². The maximum atomic E-state index is 13.0. The minimum absolute atomic E-state index is 0.254.